The Kier molecular flexibility index (Phi) is 3.93. The highest BCUT2D eigenvalue weighted by Gasteiger charge is 2.31. The van der Waals surface area contributed by atoms with Gasteiger partial charge in [-0.05, 0) is 19.3 Å². The average Bonchev–Trinajstić information content (AvgIpc) is 2.69. The largest absolute Gasteiger partial charge is 0.379 e. The van der Waals surface area contributed by atoms with Crippen molar-refractivity contribution in [3.8, 4) is 0 Å². The molecule has 1 rings (SSSR count). The first-order chi connectivity index (χ1) is 6.62. The van der Waals surface area contributed by atoms with Gasteiger partial charge in [-0.1, -0.05) is 20.8 Å². The van der Waals surface area contributed by atoms with Crippen molar-refractivity contribution in [1.82, 2.24) is 5.32 Å². The molecule has 0 spiro atoms. The van der Waals surface area contributed by atoms with E-state index >= 15 is 0 Å². The molecule has 0 aliphatic carbocycles. The molecule has 0 aromatic heterocycles. The smallest absolute Gasteiger partial charge is 0.226 e. The molecule has 1 amide bonds. The molecule has 1 aliphatic rings. The molecule has 0 bridgehead atoms. The van der Waals surface area contributed by atoms with Crippen molar-refractivity contribution in [3.63, 3.8) is 0 Å². The van der Waals surface area contributed by atoms with Crippen LogP contribution >= 0.6 is 0 Å². The predicted octanol–water partition coefficient (Wildman–Crippen LogP) is 1.72. The molecule has 1 N–H and O–H groups in total. The van der Waals surface area contributed by atoms with Crippen LogP contribution in [0.5, 0.6) is 0 Å². The number of amides is 1. The Morgan fingerprint density at radius 1 is 1.50 bits per heavy atom. The molecule has 1 saturated heterocycles. The van der Waals surface area contributed by atoms with Gasteiger partial charge in [0.05, 0.1) is 12.6 Å². The Hall–Kier alpha value is -0.570. The molecule has 14 heavy (non-hydrogen) atoms. The second-order valence-corrected chi connectivity index (χ2v) is 4.30. The minimum absolute atomic E-state index is 0.179. The molecule has 1 heterocycles. The Labute approximate surface area is 86.2 Å². The van der Waals surface area contributed by atoms with Gasteiger partial charge in [0.1, 0.15) is 0 Å². The summed E-state index contributed by atoms with van der Waals surface area (Å²) in [5.41, 5.74) is -0.206. The molecule has 1 aliphatic heterocycles. The van der Waals surface area contributed by atoms with Gasteiger partial charge in [0.25, 0.3) is 0 Å². The third kappa shape index (κ3) is 2.47. The Morgan fingerprint density at radius 2 is 2.14 bits per heavy atom. The van der Waals surface area contributed by atoms with Crippen LogP contribution in [0.2, 0.25) is 0 Å². The maximum atomic E-state index is 11.9. The van der Waals surface area contributed by atoms with Crippen molar-refractivity contribution in [2.24, 2.45) is 5.41 Å². The summed E-state index contributed by atoms with van der Waals surface area (Å²) in [6.45, 7) is 7.61. The fourth-order valence-electron chi connectivity index (χ4n) is 1.58. The summed E-state index contributed by atoms with van der Waals surface area (Å²) in [6, 6.07) is 0.236. The van der Waals surface area contributed by atoms with E-state index in [0.717, 1.165) is 25.9 Å². The average molecular weight is 199 g/mol. The lowest BCUT2D eigenvalue weighted by molar-refractivity contribution is -0.131. The van der Waals surface area contributed by atoms with Gasteiger partial charge in [0.15, 0.2) is 0 Å². The molecule has 0 aromatic carbocycles. The summed E-state index contributed by atoms with van der Waals surface area (Å²) in [6.07, 6.45) is 2.74. The van der Waals surface area contributed by atoms with Crippen molar-refractivity contribution >= 4 is 5.91 Å². The number of ether oxygens (including phenoxy) is 1. The molecule has 3 heteroatoms. The van der Waals surface area contributed by atoms with E-state index in [-0.39, 0.29) is 17.4 Å². The van der Waals surface area contributed by atoms with Crippen LogP contribution in [-0.2, 0) is 9.53 Å². The first kappa shape index (κ1) is 11.5. The zero-order valence-corrected chi connectivity index (χ0v) is 9.43. The number of hydrogen-bond donors (Lipinski definition) is 1. The van der Waals surface area contributed by atoms with Crippen molar-refractivity contribution < 1.29 is 9.53 Å². The van der Waals surface area contributed by atoms with Crippen molar-refractivity contribution in [3.05, 3.63) is 0 Å². The summed E-state index contributed by atoms with van der Waals surface area (Å²) in [5, 5.41) is 3.06. The summed E-state index contributed by atoms with van der Waals surface area (Å²) in [7, 11) is 0. The predicted molar refractivity (Wildman–Crippen MR) is 56.1 cm³/mol. The third-order valence-electron chi connectivity index (χ3n) is 3.37. The fraction of sp³-hybridized carbons (Fsp3) is 0.909. The van der Waals surface area contributed by atoms with Gasteiger partial charge in [0, 0.05) is 12.0 Å². The Morgan fingerprint density at radius 3 is 2.57 bits per heavy atom. The highest BCUT2D eigenvalue weighted by atomic mass is 16.5. The van der Waals surface area contributed by atoms with Gasteiger partial charge in [-0.25, -0.2) is 0 Å². The van der Waals surface area contributed by atoms with Crippen LogP contribution in [0.25, 0.3) is 0 Å². The van der Waals surface area contributed by atoms with E-state index in [1.807, 2.05) is 6.92 Å². The van der Waals surface area contributed by atoms with E-state index in [9.17, 15) is 4.79 Å². The fourth-order valence-corrected chi connectivity index (χ4v) is 1.58. The number of rotatable bonds is 4. The van der Waals surface area contributed by atoms with Crippen molar-refractivity contribution in [2.45, 2.75) is 46.1 Å². The van der Waals surface area contributed by atoms with Gasteiger partial charge in [-0.15, -0.1) is 0 Å². The molecule has 1 unspecified atom stereocenters. The molecular weight excluding hydrogens is 178 g/mol. The topological polar surface area (TPSA) is 38.3 Å². The van der Waals surface area contributed by atoms with Crippen LogP contribution < -0.4 is 5.32 Å². The lowest BCUT2D eigenvalue weighted by Gasteiger charge is -2.26. The lowest BCUT2D eigenvalue weighted by Crippen LogP contribution is -2.44. The van der Waals surface area contributed by atoms with Crippen LogP contribution in [0, 0.1) is 5.41 Å². The number of carbonyl (C=O) groups is 1. The van der Waals surface area contributed by atoms with Gasteiger partial charge in [0.2, 0.25) is 5.91 Å². The molecule has 3 nitrogen and oxygen atoms in total. The zero-order valence-electron chi connectivity index (χ0n) is 9.43. The monoisotopic (exact) mass is 199 g/mol. The van der Waals surface area contributed by atoms with Crippen molar-refractivity contribution in [2.75, 3.05) is 13.2 Å². The Bertz CT molecular complexity index is 193. The maximum Gasteiger partial charge on any atom is 0.226 e. The molecule has 1 atom stereocenters. The summed E-state index contributed by atoms with van der Waals surface area (Å²) in [4.78, 5) is 11.9. The van der Waals surface area contributed by atoms with Gasteiger partial charge < -0.3 is 10.1 Å². The third-order valence-corrected chi connectivity index (χ3v) is 3.37. The van der Waals surface area contributed by atoms with E-state index in [0.29, 0.717) is 6.61 Å². The van der Waals surface area contributed by atoms with E-state index in [1.165, 1.54) is 0 Å². The minimum atomic E-state index is -0.206. The van der Waals surface area contributed by atoms with Crippen LogP contribution in [0.15, 0.2) is 0 Å². The summed E-state index contributed by atoms with van der Waals surface area (Å²) in [5.74, 6) is 0.179. The molecule has 0 saturated carbocycles. The van der Waals surface area contributed by atoms with E-state index in [1.54, 1.807) is 0 Å². The van der Waals surface area contributed by atoms with Crippen LogP contribution in [0.4, 0.5) is 0 Å². The number of carbonyl (C=O) groups excluding carboxylic acids is 1. The first-order valence-electron chi connectivity index (χ1n) is 5.51. The molecule has 0 radical (unpaired) electrons. The molecule has 82 valence electrons. The number of hydrogen-bond acceptors (Lipinski definition) is 2. The minimum Gasteiger partial charge on any atom is -0.379 e. The van der Waals surface area contributed by atoms with E-state index < -0.39 is 0 Å². The Balaban J connectivity index is 2.46. The van der Waals surface area contributed by atoms with Gasteiger partial charge >= 0.3 is 0 Å². The van der Waals surface area contributed by atoms with Gasteiger partial charge in [-0.3, -0.25) is 4.79 Å². The summed E-state index contributed by atoms with van der Waals surface area (Å²) < 4.78 is 5.22. The standard InChI is InChI=1S/C11H21NO2/c1-4-11(3,5-2)10(13)12-9-6-7-14-8-9/h9H,4-8H2,1-3H3,(H,12,13). The highest BCUT2D eigenvalue weighted by molar-refractivity contribution is 5.82. The zero-order chi connectivity index (χ0) is 10.6. The van der Waals surface area contributed by atoms with E-state index in [2.05, 4.69) is 19.2 Å². The van der Waals surface area contributed by atoms with E-state index in [4.69, 9.17) is 4.74 Å². The molecule has 1 fully saturated rings. The second kappa shape index (κ2) is 4.78. The van der Waals surface area contributed by atoms with Gasteiger partial charge in [-0.2, -0.15) is 0 Å². The quantitative estimate of drug-likeness (QED) is 0.748. The van der Waals surface area contributed by atoms with Crippen LogP contribution in [0.1, 0.15) is 40.0 Å². The molecule has 0 aromatic rings. The normalized spacial score (nSPS) is 22.4. The number of nitrogens with one attached hydrogen (secondary N) is 1. The summed E-state index contributed by atoms with van der Waals surface area (Å²) >= 11 is 0. The lowest BCUT2D eigenvalue weighted by atomic mass is 9.83. The van der Waals surface area contributed by atoms with Crippen molar-refractivity contribution in [1.29, 1.82) is 0 Å². The molecular formula is C11H21NO2. The van der Waals surface area contributed by atoms with Crippen LogP contribution in [-0.4, -0.2) is 25.2 Å². The highest BCUT2D eigenvalue weighted by Crippen LogP contribution is 2.25. The maximum absolute atomic E-state index is 11.9. The second-order valence-electron chi connectivity index (χ2n) is 4.30. The van der Waals surface area contributed by atoms with Crippen LogP contribution in [0.3, 0.4) is 0 Å². The first-order valence-corrected chi connectivity index (χ1v) is 5.51. The SMILES string of the molecule is CCC(C)(CC)C(=O)NC1CCOC1.